The summed E-state index contributed by atoms with van der Waals surface area (Å²) in [5.41, 5.74) is -3.20. The van der Waals surface area contributed by atoms with Gasteiger partial charge in [0.2, 0.25) is 0 Å². The van der Waals surface area contributed by atoms with Gasteiger partial charge in [0.1, 0.15) is 0 Å². The number of halogens is 3. The van der Waals surface area contributed by atoms with Crippen molar-refractivity contribution in [3.63, 3.8) is 0 Å². The van der Waals surface area contributed by atoms with Crippen molar-refractivity contribution in [2.24, 2.45) is 0 Å². The summed E-state index contributed by atoms with van der Waals surface area (Å²) in [6.07, 6.45) is -6.39. The Kier molecular flexibility index (Phi) is 2.50. The van der Waals surface area contributed by atoms with Crippen LogP contribution in [-0.2, 0) is 4.79 Å². The quantitative estimate of drug-likeness (QED) is 0.605. The Labute approximate surface area is 60.4 Å². The molecule has 3 nitrogen and oxygen atoms in total. The van der Waals surface area contributed by atoms with E-state index in [1.165, 1.54) is 0 Å². The summed E-state index contributed by atoms with van der Waals surface area (Å²) in [5, 5.41) is 18.2. The summed E-state index contributed by atoms with van der Waals surface area (Å²) in [7, 11) is 0. The predicted octanol–water partition coefficient (Wildman–Crippen LogP) is -0.560. The van der Waals surface area contributed by atoms with E-state index in [-0.39, 0.29) is 0 Å². The van der Waals surface area contributed by atoms with Crippen molar-refractivity contribution >= 4 is 5.97 Å². The van der Waals surface area contributed by atoms with Crippen LogP contribution in [0.4, 0.5) is 13.2 Å². The Hall–Kier alpha value is -0.780. The molecule has 1 atom stereocenters. The second kappa shape index (κ2) is 2.69. The predicted molar refractivity (Wildman–Crippen MR) is 26.3 cm³/mol. The summed E-state index contributed by atoms with van der Waals surface area (Å²) in [4.78, 5) is 9.69. The smallest absolute Gasteiger partial charge is 0.417 e. The van der Waals surface area contributed by atoms with Crippen molar-refractivity contribution < 1.29 is 28.2 Å². The van der Waals surface area contributed by atoms with Gasteiger partial charge in [-0.15, -0.1) is 0 Å². The van der Waals surface area contributed by atoms with Crippen LogP contribution < -0.4 is 5.11 Å². The lowest BCUT2D eigenvalue weighted by Crippen LogP contribution is -2.46. The highest BCUT2D eigenvalue weighted by atomic mass is 19.4. The molecule has 0 aromatic carbocycles. The third-order valence-corrected chi connectivity index (χ3v) is 1.10. The monoisotopic (exact) mass is 171 g/mol. The maximum absolute atomic E-state index is 11.7. The van der Waals surface area contributed by atoms with Gasteiger partial charge in [0.25, 0.3) is 0 Å². The number of carbonyl (C=O) groups excluding carboxylic acids is 1. The molecular formula is C5H6F3O3-. The van der Waals surface area contributed by atoms with Crippen molar-refractivity contribution in [3.8, 4) is 0 Å². The van der Waals surface area contributed by atoms with Crippen LogP contribution >= 0.6 is 0 Å². The van der Waals surface area contributed by atoms with Crippen molar-refractivity contribution in [2.45, 2.75) is 25.1 Å². The molecule has 0 fully saturated rings. The first-order valence-corrected chi connectivity index (χ1v) is 2.66. The summed E-state index contributed by atoms with van der Waals surface area (Å²) in [6, 6.07) is 0. The van der Waals surface area contributed by atoms with Gasteiger partial charge in [0.15, 0.2) is 5.60 Å². The van der Waals surface area contributed by atoms with Crippen molar-refractivity contribution in [1.82, 2.24) is 0 Å². The van der Waals surface area contributed by atoms with Crippen LogP contribution in [0.1, 0.15) is 13.3 Å². The SMILES string of the molecule is C[C@@](O)(CC(=O)[O-])C(F)(F)F. The summed E-state index contributed by atoms with van der Waals surface area (Å²) >= 11 is 0. The van der Waals surface area contributed by atoms with Crippen LogP contribution in [-0.4, -0.2) is 22.9 Å². The fourth-order valence-electron chi connectivity index (χ4n) is 0.381. The highest BCUT2D eigenvalue weighted by molar-refractivity contribution is 5.65. The minimum atomic E-state index is -4.94. The highest BCUT2D eigenvalue weighted by Gasteiger charge is 2.49. The zero-order chi connectivity index (χ0) is 9.28. The lowest BCUT2D eigenvalue weighted by atomic mass is 10.0. The maximum Gasteiger partial charge on any atom is 0.417 e. The molecule has 0 amide bonds. The van der Waals surface area contributed by atoms with E-state index in [2.05, 4.69) is 0 Å². The van der Waals surface area contributed by atoms with Crippen molar-refractivity contribution in [3.05, 3.63) is 0 Å². The van der Waals surface area contributed by atoms with Gasteiger partial charge in [-0.25, -0.2) is 0 Å². The standard InChI is InChI=1S/C5H7F3O3/c1-4(11,2-3(9)10)5(6,7)8/h11H,2H2,1H3,(H,9,10)/p-1/t4-/m1/s1. The molecule has 0 aromatic rings. The van der Waals surface area contributed by atoms with E-state index < -0.39 is 24.2 Å². The molecule has 0 spiro atoms. The first-order chi connectivity index (χ1) is 4.67. The number of alkyl halides is 3. The molecule has 0 saturated carbocycles. The summed E-state index contributed by atoms with van der Waals surface area (Å²) < 4.78 is 35.0. The van der Waals surface area contributed by atoms with Gasteiger partial charge in [-0.3, -0.25) is 0 Å². The number of aliphatic carboxylic acids is 1. The van der Waals surface area contributed by atoms with Crippen molar-refractivity contribution in [2.75, 3.05) is 0 Å². The molecule has 0 aromatic heterocycles. The number of carboxylic acids is 1. The Morgan fingerprint density at radius 1 is 1.55 bits per heavy atom. The van der Waals surface area contributed by atoms with Gasteiger partial charge < -0.3 is 15.0 Å². The second-order valence-electron chi connectivity index (χ2n) is 2.32. The van der Waals surface area contributed by atoms with E-state index in [1.807, 2.05) is 0 Å². The van der Waals surface area contributed by atoms with Crippen LogP contribution in [0.25, 0.3) is 0 Å². The fourth-order valence-corrected chi connectivity index (χ4v) is 0.381. The molecule has 0 bridgehead atoms. The molecule has 66 valence electrons. The topological polar surface area (TPSA) is 60.4 Å². The first kappa shape index (κ1) is 10.2. The Balaban J connectivity index is 4.34. The Bertz CT molecular complexity index is 161. The molecule has 0 aliphatic rings. The molecule has 6 heteroatoms. The average molecular weight is 171 g/mol. The molecular weight excluding hydrogens is 165 g/mol. The number of aliphatic hydroxyl groups is 1. The molecule has 0 unspecified atom stereocenters. The molecule has 1 N–H and O–H groups in total. The molecule has 0 rings (SSSR count). The highest BCUT2D eigenvalue weighted by Crippen LogP contribution is 2.31. The van der Waals surface area contributed by atoms with E-state index in [1.54, 1.807) is 0 Å². The molecule has 11 heavy (non-hydrogen) atoms. The van der Waals surface area contributed by atoms with Crippen molar-refractivity contribution in [1.29, 1.82) is 0 Å². The molecule has 0 radical (unpaired) electrons. The Morgan fingerprint density at radius 3 is 2.00 bits per heavy atom. The fraction of sp³-hybridized carbons (Fsp3) is 0.800. The number of rotatable bonds is 2. The minimum absolute atomic E-state index is 0.378. The minimum Gasteiger partial charge on any atom is -0.550 e. The van der Waals surface area contributed by atoms with Gasteiger partial charge in [-0.2, -0.15) is 13.2 Å². The van der Waals surface area contributed by atoms with Gasteiger partial charge in [-0.05, 0) is 6.92 Å². The van der Waals surface area contributed by atoms with E-state index in [9.17, 15) is 23.1 Å². The van der Waals surface area contributed by atoms with Gasteiger partial charge in [0.05, 0.1) is 0 Å². The van der Waals surface area contributed by atoms with E-state index >= 15 is 0 Å². The van der Waals surface area contributed by atoms with Gasteiger partial charge in [0, 0.05) is 12.4 Å². The number of carbonyl (C=O) groups is 1. The van der Waals surface area contributed by atoms with E-state index in [0.717, 1.165) is 0 Å². The molecule has 0 heterocycles. The number of carboxylic acid groups (broad SMARTS) is 1. The van der Waals surface area contributed by atoms with Gasteiger partial charge in [-0.1, -0.05) is 0 Å². The maximum atomic E-state index is 11.7. The lowest BCUT2D eigenvalue weighted by molar-refractivity contribution is -0.320. The first-order valence-electron chi connectivity index (χ1n) is 2.66. The van der Waals surface area contributed by atoms with Crippen LogP contribution in [0.3, 0.4) is 0 Å². The summed E-state index contributed by atoms with van der Waals surface area (Å²) in [6.45, 7) is 0.378. The third-order valence-electron chi connectivity index (χ3n) is 1.10. The van der Waals surface area contributed by atoms with Gasteiger partial charge >= 0.3 is 6.18 Å². The third kappa shape index (κ3) is 2.75. The van der Waals surface area contributed by atoms with Crippen LogP contribution in [0.15, 0.2) is 0 Å². The lowest BCUT2D eigenvalue weighted by Gasteiger charge is -2.26. The largest absolute Gasteiger partial charge is 0.550 e. The number of hydrogen-bond acceptors (Lipinski definition) is 3. The molecule has 0 aliphatic carbocycles. The average Bonchev–Trinajstić information content (AvgIpc) is 1.56. The van der Waals surface area contributed by atoms with E-state index in [4.69, 9.17) is 5.11 Å². The number of hydrogen-bond donors (Lipinski definition) is 1. The van der Waals surface area contributed by atoms with Crippen LogP contribution in [0.2, 0.25) is 0 Å². The zero-order valence-corrected chi connectivity index (χ0v) is 5.60. The van der Waals surface area contributed by atoms with Crippen LogP contribution in [0.5, 0.6) is 0 Å². The molecule has 0 saturated heterocycles. The second-order valence-corrected chi connectivity index (χ2v) is 2.32. The zero-order valence-electron chi connectivity index (χ0n) is 5.60. The van der Waals surface area contributed by atoms with E-state index in [0.29, 0.717) is 6.92 Å². The molecule has 0 aliphatic heterocycles. The van der Waals surface area contributed by atoms with Crippen LogP contribution in [0, 0.1) is 0 Å². The Morgan fingerprint density at radius 2 is 1.91 bits per heavy atom. The normalized spacial score (nSPS) is 17.5. The summed E-state index contributed by atoms with van der Waals surface area (Å²) in [5.74, 6) is -1.94.